The molecule has 0 heterocycles. The molecular formula is C16H25N3O4. The van der Waals surface area contributed by atoms with Gasteiger partial charge in [0, 0.05) is 24.4 Å². The number of nitrogen functional groups attached to an aromatic ring is 1. The van der Waals surface area contributed by atoms with Crippen molar-refractivity contribution < 1.29 is 14.5 Å². The molecule has 1 aromatic carbocycles. The summed E-state index contributed by atoms with van der Waals surface area (Å²) in [6.45, 7) is 9.76. The van der Waals surface area contributed by atoms with Crippen LogP contribution < -0.4 is 11.1 Å². The van der Waals surface area contributed by atoms with Crippen molar-refractivity contribution in [3.8, 4) is 0 Å². The van der Waals surface area contributed by atoms with E-state index in [-0.39, 0.29) is 11.1 Å². The molecule has 7 heteroatoms. The number of hydrogen-bond acceptors (Lipinski definition) is 5. The van der Waals surface area contributed by atoms with E-state index in [9.17, 15) is 14.9 Å². The van der Waals surface area contributed by atoms with Gasteiger partial charge in [-0.3, -0.25) is 10.1 Å². The van der Waals surface area contributed by atoms with Crippen molar-refractivity contribution in [2.24, 2.45) is 0 Å². The molecular weight excluding hydrogens is 298 g/mol. The molecule has 128 valence electrons. The van der Waals surface area contributed by atoms with Crippen molar-refractivity contribution in [1.29, 1.82) is 0 Å². The van der Waals surface area contributed by atoms with Gasteiger partial charge in [0.2, 0.25) is 0 Å². The lowest BCUT2D eigenvalue weighted by atomic mass is 9.80. The largest absolute Gasteiger partial charge is 0.444 e. The van der Waals surface area contributed by atoms with E-state index in [2.05, 4.69) is 5.32 Å². The third-order valence-electron chi connectivity index (χ3n) is 3.39. The number of amides is 1. The minimum atomic E-state index is -0.539. The lowest BCUT2D eigenvalue weighted by Crippen LogP contribution is -2.35. The number of benzene rings is 1. The van der Waals surface area contributed by atoms with Crippen molar-refractivity contribution in [3.63, 3.8) is 0 Å². The molecule has 0 unspecified atom stereocenters. The number of carbonyl (C=O) groups excluding carboxylic acids is 1. The van der Waals surface area contributed by atoms with Crippen LogP contribution in [0.25, 0.3) is 0 Å². The van der Waals surface area contributed by atoms with Gasteiger partial charge in [0.1, 0.15) is 5.60 Å². The van der Waals surface area contributed by atoms with Crippen molar-refractivity contribution >= 4 is 17.5 Å². The lowest BCUT2D eigenvalue weighted by Gasteiger charge is -2.27. The van der Waals surface area contributed by atoms with Crippen LogP contribution in [0.1, 0.15) is 46.6 Å². The predicted molar refractivity (Wildman–Crippen MR) is 89.4 cm³/mol. The predicted octanol–water partition coefficient (Wildman–Crippen LogP) is 3.37. The number of alkyl carbamates (subject to hydrolysis) is 1. The molecule has 0 saturated carbocycles. The fraction of sp³-hybridized carbons (Fsp3) is 0.562. The highest BCUT2D eigenvalue weighted by atomic mass is 16.6. The molecule has 0 aromatic heterocycles. The first kappa shape index (κ1) is 18.7. The van der Waals surface area contributed by atoms with Crippen LogP contribution in [0.15, 0.2) is 18.2 Å². The zero-order chi connectivity index (χ0) is 17.8. The van der Waals surface area contributed by atoms with E-state index in [1.807, 2.05) is 13.8 Å². The quantitative estimate of drug-likeness (QED) is 0.490. The number of non-ortho nitro benzene ring substituents is 1. The van der Waals surface area contributed by atoms with Crippen LogP contribution in [-0.2, 0) is 10.2 Å². The van der Waals surface area contributed by atoms with Gasteiger partial charge in [-0.25, -0.2) is 4.79 Å². The third-order valence-corrected chi connectivity index (χ3v) is 3.39. The Bertz CT molecular complexity index is 591. The van der Waals surface area contributed by atoms with Gasteiger partial charge in [0.25, 0.3) is 5.69 Å². The van der Waals surface area contributed by atoms with Crippen molar-refractivity contribution in [2.75, 3.05) is 12.3 Å². The molecule has 0 aliphatic carbocycles. The maximum atomic E-state index is 11.6. The molecule has 0 spiro atoms. The number of nitro benzene ring substituents is 1. The summed E-state index contributed by atoms with van der Waals surface area (Å²) < 4.78 is 5.17. The van der Waals surface area contributed by atoms with E-state index in [1.165, 1.54) is 12.1 Å². The molecule has 0 saturated heterocycles. The summed E-state index contributed by atoms with van der Waals surface area (Å²) in [6, 6.07) is 4.47. The summed E-state index contributed by atoms with van der Waals surface area (Å²) in [6.07, 6.45) is 0.152. The van der Waals surface area contributed by atoms with Crippen molar-refractivity contribution in [2.45, 2.75) is 52.1 Å². The molecule has 23 heavy (non-hydrogen) atoms. The molecule has 0 radical (unpaired) electrons. The zero-order valence-electron chi connectivity index (χ0n) is 14.3. The molecule has 0 fully saturated rings. The maximum Gasteiger partial charge on any atom is 0.407 e. The van der Waals surface area contributed by atoms with Crippen molar-refractivity contribution in [1.82, 2.24) is 5.32 Å². The van der Waals surface area contributed by atoms with Gasteiger partial charge < -0.3 is 15.8 Å². The first-order valence-electron chi connectivity index (χ1n) is 7.43. The summed E-state index contributed by atoms with van der Waals surface area (Å²) in [5.74, 6) is 0. The lowest BCUT2D eigenvalue weighted by molar-refractivity contribution is -0.384. The molecule has 1 aromatic rings. The Morgan fingerprint density at radius 3 is 2.39 bits per heavy atom. The Labute approximate surface area is 136 Å². The minimum Gasteiger partial charge on any atom is -0.444 e. The minimum absolute atomic E-state index is 0.0334. The van der Waals surface area contributed by atoms with Crippen LogP contribution in [-0.4, -0.2) is 23.2 Å². The molecule has 0 bridgehead atoms. The zero-order valence-corrected chi connectivity index (χ0v) is 14.3. The Hall–Kier alpha value is -2.31. The Kier molecular flexibility index (Phi) is 5.58. The molecule has 7 nitrogen and oxygen atoms in total. The Morgan fingerprint density at radius 1 is 1.30 bits per heavy atom. The van der Waals surface area contributed by atoms with Gasteiger partial charge in [-0.05, 0) is 44.2 Å². The van der Waals surface area contributed by atoms with Gasteiger partial charge in [0.05, 0.1) is 4.92 Å². The molecule has 1 rings (SSSR count). The second-order valence-electron chi connectivity index (χ2n) is 7.09. The highest BCUT2D eigenvalue weighted by molar-refractivity contribution is 5.67. The normalized spacial score (nSPS) is 11.9. The van der Waals surface area contributed by atoms with Crippen LogP contribution in [0.3, 0.4) is 0 Å². The number of rotatable bonds is 5. The number of carbonyl (C=O) groups is 1. The van der Waals surface area contributed by atoms with Crippen LogP contribution in [0.2, 0.25) is 0 Å². The number of ether oxygens (including phenoxy) is 1. The average Bonchev–Trinajstić information content (AvgIpc) is 2.35. The Balaban J connectivity index is 2.69. The summed E-state index contributed by atoms with van der Waals surface area (Å²) in [5.41, 5.74) is 6.22. The van der Waals surface area contributed by atoms with Gasteiger partial charge in [0.15, 0.2) is 0 Å². The smallest absolute Gasteiger partial charge is 0.407 e. The van der Waals surface area contributed by atoms with Crippen LogP contribution in [0.4, 0.5) is 16.2 Å². The Morgan fingerprint density at radius 2 is 1.91 bits per heavy atom. The second kappa shape index (κ2) is 6.85. The van der Waals surface area contributed by atoms with E-state index < -0.39 is 16.6 Å². The monoisotopic (exact) mass is 323 g/mol. The number of nitrogens with one attached hydrogen (secondary N) is 1. The van der Waals surface area contributed by atoms with Crippen molar-refractivity contribution in [3.05, 3.63) is 33.9 Å². The molecule has 3 N–H and O–H groups in total. The maximum absolute atomic E-state index is 11.6. The second-order valence-corrected chi connectivity index (χ2v) is 7.09. The SMILES string of the molecule is CC(C)(C)OC(=O)NCCC(C)(C)c1ccc([N+](=O)[O-])cc1N. The number of nitrogens with zero attached hydrogens (tertiary/aromatic N) is 1. The topological polar surface area (TPSA) is 107 Å². The van der Waals surface area contributed by atoms with Crippen LogP contribution in [0, 0.1) is 10.1 Å². The van der Waals surface area contributed by atoms with Gasteiger partial charge in [-0.1, -0.05) is 13.8 Å². The van der Waals surface area contributed by atoms with Crippen LogP contribution in [0.5, 0.6) is 0 Å². The van der Waals surface area contributed by atoms with E-state index in [0.29, 0.717) is 18.7 Å². The van der Waals surface area contributed by atoms with E-state index in [0.717, 1.165) is 5.56 Å². The number of nitro groups is 1. The molecule has 0 aliphatic rings. The summed E-state index contributed by atoms with van der Waals surface area (Å²) in [4.78, 5) is 21.9. The highest BCUT2D eigenvalue weighted by Crippen LogP contribution is 2.33. The number of nitrogens with two attached hydrogens (primary N) is 1. The first-order chi connectivity index (χ1) is 10.4. The van der Waals surface area contributed by atoms with Crippen LogP contribution >= 0.6 is 0 Å². The van der Waals surface area contributed by atoms with Gasteiger partial charge in [-0.2, -0.15) is 0 Å². The average molecular weight is 323 g/mol. The summed E-state index contributed by atoms with van der Waals surface area (Å²) in [7, 11) is 0. The fourth-order valence-corrected chi connectivity index (χ4v) is 2.21. The van der Waals surface area contributed by atoms with E-state index in [1.54, 1.807) is 26.8 Å². The summed E-state index contributed by atoms with van der Waals surface area (Å²) >= 11 is 0. The first-order valence-corrected chi connectivity index (χ1v) is 7.43. The van der Waals surface area contributed by atoms with Gasteiger partial charge >= 0.3 is 6.09 Å². The molecule has 1 amide bonds. The standard InChI is InChI=1S/C16H25N3O4/c1-15(2,3)23-14(20)18-9-8-16(4,5)12-7-6-11(19(21)22)10-13(12)17/h6-7,10H,8-9,17H2,1-5H3,(H,18,20). The van der Waals surface area contributed by atoms with E-state index in [4.69, 9.17) is 10.5 Å². The number of hydrogen-bond donors (Lipinski definition) is 2. The number of anilines is 1. The highest BCUT2D eigenvalue weighted by Gasteiger charge is 2.25. The molecule has 0 atom stereocenters. The van der Waals surface area contributed by atoms with E-state index >= 15 is 0 Å². The third kappa shape index (κ3) is 5.77. The summed E-state index contributed by atoms with van der Waals surface area (Å²) in [5, 5.41) is 13.5. The molecule has 0 aliphatic heterocycles. The van der Waals surface area contributed by atoms with Gasteiger partial charge in [-0.15, -0.1) is 0 Å². The fourth-order valence-electron chi connectivity index (χ4n) is 2.21.